The van der Waals surface area contributed by atoms with Crippen molar-refractivity contribution < 1.29 is 13.2 Å². The van der Waals surface area contributed by atoms with Crippen molar-refractivity contribution in [1.82, 2.24) is 15.0 Å². The molecule has 2 heterocycles. The first kappa shape index (κ1) is 20.5. The van der Waals surface area contributed by atoms with Crippen molar-refractivity contribution in [3.8, 4) is 5.69 Å². The Labute approximate surface area is 182 Å². The number of rotatable bonds is 7. The number of sulfonamides is 1. The number of benzene rings is 2. The Bertz CT molecular complexity index is 1300. The fourth-order valence-corrected chi connectivity index (χ4v) is 4.82. The Hall–Kier alpha value is -3.76. The van der Waals surface area contributed by atoms with Crippen LogP contribution in [0.2, 0.25) is 0 Å². The lowest BCUT2D eigenvalue weighted by Gasteiger charge is -2.10. The number of nitrogens with zero attached hydrogens (tertiary/aromatic N) is 3. The Morgan fingerprint density at radius 3 is 2.58 bits per heavy atom. The van der Waals surface area contributed by atoms with Gasteiger partial charge < -0.3 is 4.57 Å². The third kappa shape index (κ3) is 4.87. The highest BCUT2D eigenvalue weighted by molar-refractivity contribution is 7.94. The van der Waals surface area contributed by atoms with Crippen molar-refractivity contribution in [2.24, 2.45) is 5.10 Å². The number of hydrazone groups is 1. The lowest BCUT2D eigenvalue weighted by molar-refractivity contribution is 0.0956. The predicted octanol–water partition coefficient (Wildman–Crippen LogP) is 3.50. The summed E-state index contributed by atoms with van der Waals surface area (Å²) in [5, 5.41) is 5.65. The summed E-state index contributed by atoms with van der Waals surface area (Å²) in [6, 6.07) is 17.0. The van der Waals surface area contributed by atoms with Gasteiger partial charge in [0.05, 0.1) is 23.8 Å². The molecule has 0 aliphatic rings. The number of anilines is 1. The number of carbonyl (C=O) groups excluding carboxylic acids is 1. The second kappa shape index (κ2) is 8.94. The molecule has 0 aliphatic carbocycles. The second-order valence-electron chi connectivity index (χ2n) is 6.34. The van der Waals surface area contributed by atoms with Gasteiger partial charge in [0.15, 0.2) is 0 Å². The maximum atomic E-state index is 12.6. The number of aromatic nitrogens is 2. The number of imidazole rings is 1. The largest absolute Gasteiger partial charge is 0.306 e. The van der Waals surface area contributed by atoms with Crippen LogP contribution in [0.25, 0.3) is 5.69 Å². The molecule has 0 radical (unpaired) electrons. The molecule has 10 heteroatoms. The highest BCUT2D eigenvalue weighted by Crippen LogP contribution is 2.22. The van der Waals surface area contributed by atoms with Crippen molar-refractivity contribution in [2.45, 2.75) is 4.21 Å². The van der Waals surface area contributed by atoms with Gasteiger partial charge in [-0.2, -0.15) is 5.10 Å². The number of para-hydroxylation sites is 1. The van der Waals surface area contributed by atoms with Crippen LogP contribution >= 0.6 is 11.3 Å². The summed E-state index contributed by atoms with van der Waals surface area (Å²) in [5.41, 5.74) is 4.51. The first-order chi connectivity index (χ1) is 15.0. The number of hydrogen-bond acceptors (Lipinski definition) is 6. The SMILES string of the molecule is O=C(N/N=C/c1ccc(-n2ccnc2)cc1)c1ccccc1NS(=O)(=O)c1cccs1. The number of nitrogens with one attached hydrogen (secondary N) is 2. The molecule has 0 saturated carbocycles. The van der Waals surface area contributed by atoms with Gasteiger partial charge in [0, 0.05) is 18.1 Å². The van der Waals surface area contributed by atoms with Crippen LogP contribution in [0.3, 0.4) is 0 Å². The van der Waals surface area contributed by atoms with Crippen LogP contribution < -0.4 is 10.1 Å². The van der Waals surface area contributed by atoms with Gasteiger partial charge >= 0.3 is 0 Å². The zero-order valence-electron chi connectivity index (χ0n) is 16.0. The molecule has 0 spiro atoms. The fourth-order valence-electron chi connectivity index (χ4n) is 2.75. The number of hydrogen-bond donors (Lipinski definition) is 2. The molecule has 2 aromatic carbocycles. The minimum atomic E-state index is -3.77. The van der Waals surface area contributed by atoms with E-state index in [1.807, 2.05) is 35.0 Å². The summed E-state index contributed by atoms with van der Waals surface area (Å²) in [7, 11) is -3.77. The van der Waals surface area contributed by atoms with E-state index in [1.165, 1.54) is 24.4 Å². The first-order valence-corrected chi connectivity index (χ1v) is 11.5. The van der Waals surface area contributed by atoms with Gasteiger partial charge in [-0.15, -0.1) is 11.3 Å². The van der Waals surface area contributed by atoms with E-state index in [4.69, 9.17) is 0 Å². The van der Waals surface area contributed by atoms with Gasteiger partial charge in [-0.05, 0) is 41.3 Å². The molecule has 0 saturated heterocycles. The smallest absolute Gasteiger partial charge is 0.273 e. The van der Waals surface area contributed by atoms with Crippen molar-refractivity contribution in [2.75, 3.05) is 4.72 Å². The van der Waals surface area contributed by atoms with E-state index in [0.717, 1.165) is 22.6 Å². The predicted molar refractivity (Wildman–Crippen MR) is 120 cm³/mol. The summed E-state index contributed by atoms with van der Waals surface area (Å²) in [6.07, 6.45) is 6.75. The zero-order valence-corrected chi connectivity index (χ0v) is 17.7. The Balaban J connectivity index is 1.44. The van der Waals surface area contributed by atoms with Crippen LogP contribution in [0.1, 0.15) is 15.9 Å². The van der Waals surface area contributed by atoms with Gasteiger partial charge in [0.25, 0.3) is 15.9 Å². The van der Waals surface area contributed by atoms with Gasteiger partial charge in [-0.25, -0.2) is 18.8 Å². The van der Waals surface area contributed by atoms with Crippen molar-refractivity contribution in [3.63, 3.8) is 0 Å². The Morgan fingerprint density at radius 1 is 1.06 bits per heavy atom. The molecule has 0 aliphatic heterocycles. The van der Waals surface area contributed by atoms with E-state index in [9.17, 15) is 13.2 Å². The van der Waals surface area contributed by atoms with Crippen molar-refractivity contribution in [3.05, 3.63) is 95.9 Å². The summed E-state index contributed by atoms with van der Waals surface area (Å²) in [5.74, 6) is -0.532. The van der Waals surface area contributed by atoms with Crippen LogP contribution in [0.15, 0.2) is 94.1 Å². The normalized spacial score (nSPS) is 11.5. The van der Waals surface area contributed by atoms with Crippen molar-refractivity contribution >= 4 is 39.2 Å². The molecule has 31 heavy (non-hydrogen) atoms. The Morgan fingerprint density at radius 2 is 1.87 bits per heavy atom. The molecule has 4 aromatic rings. The van der Waals surface area contributed by atoms with Gasteiger partial charge in [-0.1, -0.05) is 30.3 Å². The minimum absolute atomic E-state index is 0.162. The molecule has 0 unspecified atom stereocenters. The average Bonchev–Trinajstić information content (AvgIpc) is 3.49. The standard InChI is InChI=1S/C21H17N5O3S2/c27-21(24-23-14-16-7-9-17(10-8-16)26-12-11-22-15-26)18-4-1-2-5-19(18)25-31(28,29)20-6-3-13-30-20/h1-15,25H,(H,24,27)/b23-14+. The molecule has 1 amide bonds. The molecule has 0 bridgehead atoms. The summed E-state index contributed by atoms with van der Waals surface area (Å²) < 4.78 is 29.5. The first-order valence-electron chi connectivity index (χ1n) is 9.10. The van der Waals surface area contributed by atoms with E-state index in [2.05, 4.69) is 20.2 Å². The van der Waals surface area contributed by atoms with Gasteiger partial charge in [-0.3, -0.25) is 9.52 Å². The van der Waals surface area contributed by atoms with E-state index in [-0.39, 0.29) is 15.5 Å². The lowest BCUT2D eigenvalue weighted by Crippen LogP contribution is -2.21. The topological polar surface area (TPSA) is 105 Å². The van der Waals surface area contributed by atoms with E-state index in [1.54, 1.807) is 36.1 Å². The summed E-state index contributed by atoms with van der Waals surface area (Å²) in [4.78, 5) is 16.6. The molecule has 8 nitrogen and oxygen atoms in total. The quantitative estimate of drug-likeness (QED) is 0.331. The third-order valence-corrected chi connectivity index (χ3v) is 7.01. The highest BCUT2D eigenvalue weighted by Gasteiger charge is 2.19. The van der Waals surface area contributed by atoms with Crippen LogP contribution in [-0.4, -0.2) is 30.1 Å². The number of carbonyl (C=O) groups is 1. The maximum absolute atomic E-state index is 12.6. The maximum Gasteiger partial charge on any atom is 0.273 e. The molecule has 4 rings (SSSR count). The summed E-state index contributed by atoms with van der Waals surface area (Å²) in [6.45, 7) is 0. The minimum Gasteiger partial charge on any atom is -0.306 e. The molecule has 0 fully saturated rings. The molecule has 0 atom stereocenters. The molecular weight excluding hydrogens is 434 g/mol. The zero-order chi connectivity index (χ0) is 21.7. The molecule has 2 aromatic heterocycles. The van der Waals surface area contributed by atoms with Crippen molar-refractivity contribution in [1.29, 1.82) is 0 Å². The van der Waals surface area contributed by atoms with Crippen LogP contribution in [-0.2, 0) is 10.0 Å². The van der Waals surface area contributed by atoms with E-state index in [0.29, 0.717) is 0 Å². The second-order valence-corrected chi connectivity index (χ2v) is 9.20. The van der Waals surface area contributed by atoms with Gasteiger partial charge in [0.2, 0.25) is 0 Å². The lowest BCUT2D eigenvalue weighted by atomic mass is 10.2. The van der Waals surface area contributed by atoms with Gasteiger partial charge in [0.1, 0.15) is 4.21 Å². The van der Waals surface area contributed by atoms with Crippen LogP contribution in [0.4, 0.5) is 5.69 Å². The van der Waals surface area contributed by atoms with Crippen LogP contribution in [0, 0.1) is 0 Å². The molecular formula is C21H17N5O3S2. The van der Waals surface area contributed by atoms with E-state index >= 15 is 0 Å². The Kier molecular flexibility index (Phi) is 5.92. The monoisotopic (exact) mass is 451 g/mol. The average molecular weight is 452 g/mol. The number of amides is 1. The number of thiophene rings is 1. The molecule has 156 valence electrons. The third-order valence-electron chi connectivity index (χ3n) is 4.25. The summed E-state index contributed by atoms with van der Waals surface area (Å²) >= 11 is 1.10. The van der Waals surface area contributed by atoms with Crippen LogP contribution in [0.5, 0.6) is 0 Å². The van der Waals surface area contributed by atoms with E-state index < -0.39 is 15.9 Å². The fraction of sp³-hybridized carbons (Fsp3) is 0. The highest BCUT2D eigenvalue weighted by atomic mass is 32.2. The molecule has 2 N–H and O–H groups in total.